The summed E-state index contributed by atoms with van der Waals surface area (Å²) in [6.45, 7) is 4.02. The number of carbonyl (C=O) groups excluding carboxylic acids is 1. The number of halogens is 1. The number of benzene rings is 2. The van der Waals surface area contributed by atoms with Gasteiger partial charge in [-0.3, -0.25) is 4.79 Å². The van der Waals surface area contributed by atoms with Gasteiger partial charge in [-0.05, 0) is 37.1 Å². The number of fused-ring (bicyclic) bond motifs is 1. The molecule has 3 aromatic rings. The third-order valence-electron chi connectivity index (χ3n) is 3.75. The first-order valence-corrected chi connectivity index (χ1v) is 7.25. The number of ketones is 1. The van der Waals surface area contributed by atoms with Crippen molar-refractivity contribution in [1.82, 2.24) is 4.98 Å². The van der Waals surface area contributed by atoms with Gasteiger partial charge in [-0.15, -0.1) is 0 Å². The summed E-state index contributed by atoms with van der Waals surface area (Å²) in [4.78, 5) is 16.0. The van der Waals surface area contributed by atoms with Crippen LogP contribution in [0.15, 0.2) is 47.1 Å². The number of aromatic nitrogens is 1. The quantitative estimate of drug-likeness (QED) is 0.675. The van der Waals surface area contributed by atoms with Crippen molar-refractivity contribution in [2.45, 2.75) is 13.8 Å². The third kappa shape index (κ3) is 1.98. The molecule has 0 amide bonds. The molecule has 0 saturated carbocycles. The van der Waals surface area contributed by atoms with Crippen molar-refractivity contribution in [2.75, 3.05) is 0 Å². The van der Waals surface area contributed by atoms with E-state index in [-0.39, 0.29) is 5.78 Å². The van der Waals surface area contributed by atoms with Crippen LogP contribution in [0.1, 0.15) is 27.0 Å². The maximum Gasteiger partial charge on any atom is 0.195 e. The Kier molecular flexibility index (Phi) is 3.22. The van der Waals surface area contributed by atoms with Crippen molar-refractivity contribution in [3.63, 3.8) is 0 Å². The molecule has 2 nitrogen and oxygen atoms in total. The topological polar surface area (TPSA) is 32.9 Å². The molecule has 1 heterocycles. The molecule has 0 saturated heterocycles. The van der Waals surface area contributed by atoms with Gasteiger partial charge >= 0.3 is 0 Å². The second kappa shape index (κ2) is 4.91. The van der Waals surface area contributed by atoms with Crippen molar-refractivity contribution >= 4 is 32.6 Å². The Morgan fingerprint density at radius 1 is 1.05 bits per heavy atom. The van der Waals surface area contributed by atoms with Crippen LogP contribution in [0.3, 0.4) is 0 Å². The standard InChI is InChI=1S/C17H14BrNO/c1-10-5-3-6-12(11(10)2)17(20)13-9-19-15-8-4-7-14(18)16(13)15/h3-9,19H,1-2H3. The van der Waals surface area contributed by atoms with Gasteiger partial charge in [0.05, 0.1) is 0 Å². The van der Waals surface area contributed by atoms with Crippen molar-refractivity contribution < 1.29 is 4.79 Å². The van der Waals surface area contributed by atoms with E-state index < -0.39 is 0 Å². The maximum absolute atomic E-state index is 12.8. The smallest absolute Gasteiger partial charge is 0.195 e. The molecule has 0 aliphatic heterocycles. The summed E-state index contributed by atoms with van der Waals surface area (Å²) in [6, 6.07) is 11.7. The summed E-state index contributed by atoms with van der Waals surface area (Å²) < 4.78 is 0.935. The lowest BCUT2D eigenvalue weighted by molar-refractivity contribution is 0.103. The number of carbonyl (C=O) groups is 1. The number of hydrogen-bond donors (Lipinski definition) is 1. The van der Waals surface area contributed by atoms with Crippen LogP contribution in [-0.4, -0.2) is 10.8 Å². The van der Waals surface area contributed by atoms with Crippen LogP contribution in [-0.2, 0) is 0 Å². The zero-order valence-corrected chi connectivity index (χ0v) is 12.9. The van der Waals surface area contributed by atoms with Crippen LogP contribution in [0.4, 0.5) is 0 Å². The molecule has 0 spiro atoms. The predicted octanol–water partition coefficient (Wildman–Crippen LogP) is 4.78. The van der Waals surface area contributed by atoms with E-state index in [2.05, 4.69) is 20.9 Å². The number of rotatable bonds is 2. The maximum atomic E-state index is 12.8. The summed E-state index contributed by atoms with van der Waals surface area (Å²) in [5.74, 6) is 0.0596. The van der Waals surface area contributed by atoms with Crippen molar-refractivity contribution in [3.05, 3.63) is 69.3 Å². The van der Waals surface area contributed by atoms with E-state index in [4.69, 9.17) is 0 Å². The van der Waals surface area contributed by atoms with Gasteiger partial charge in [0.25, 0.3) is 0 Å². The number of nitrogens with one attached hydrogen (secondary N) is 1. The fourth-order valence-corrected chi connectivity index (χ4v) is 3.04. The van der Waals surface area contributed by atoms with Gasteiger partial charge in [0.2, 0.25) is 0 Å². The van der Waals surface area contributed by atoms with E-state index in [0.717, 1.165) is 32.1 Å². The molecular weight excluding hydrogens is 314 g/mol. The van der Waals surface area contributed by atoms with E-state index in [0.29, 0.717) is 5.56 Å². The van der Waals surface area contributed by atoms with Crippen LogP contribution in [0, 0.1) is 13.8 Å². The number of H-pyrrole nitrogens is 1. The Labute approximate surface area is 126 Å². The molecular formula is C17H14BrNO. The fraction of sp³-hybridized carbons (Fsp3) is 0.118. The van der Waals surface area contributed by atoms with E-state index in [9.17, 15) is 4.79 Å². The molecule has 2 aromatic carbocycles. The van der Waals surface area contributed by atoms with E-state index in [1.165, 1.54) is 0 Å². The molecule has 0 aliphatic carbocycles. The van der Waals surface area contributed by atoms with Crippen molar-refractivity contribution in [3.8, 4) is 0 Å². The molecule has 20 heavy (non-hydrogen) atoms. The Morgan fingerprint density at radius 3 is 2.60 bits per heavy atom. The first-order valence-electron chi connectivity index (χ1n) is 6.46. The first-order chi connectivity index (χ1) is 9.59. The molecule has 0 radical (unpaired) electrons. The fourth-order valence-electron chi connectivity index (χ4n) is 2.46. The summed E-state index contributed by atoms with van der Waals surface area (Å²) in [5, 5.41) is 0.943. The highest BCUT2D eigenvalue weighted by molar-refractivity contribution is 9.10. The highest BCUT2D eigenvalue weighted by Gasteiger charge is 2.17. The molecule has 0 aliphatic rings. The van der Waals surface area contributed by atoms with Gasteiger partial charge < -0.3 is 4.98 Å². The number of aromatic amines is 1. The van der Waals surface area contributed by atoms with Crippen LogP contribution >= 0.6 is 15.9 Å². The lowest BCUT2D eigenvalue weighted by Gasteiger charge is -2.07. The minimum atomic E-state index is 0.0596. The summed E-state index contributed by atoms with van der Waals surface area (Å²) in [6.07, 6.45) is 1.79. The van der Waals surface area contributed by atoms with Crippen LogP contribution in [0.25, 0.3) is 10.9 Å². The third-order valence-corrected chi connectivity index (χ3v) is 4.41. The minimum absolute atomic E-state index is 0.0596. The first kappa shape index (κ1) is 13.1. The van der Waals surface area contributed by atoms with Crippen molar-refractivity contribution in [2.24, 2.45) is 0 Å². The van der Waals surface area contributed by atoms with Gasteiger partial charge in [0, 0.05) is 32.7 Å². The molecule has 0 fully saturated rings. The van der Waals surface area contributed by atoms with Gasteiger partial charge in [-0.2, -0.15) is 0 Å². The van der Waals surface area contributed by atoms with Crippen molar-refractivity contribution in [1.29, 1.82) is 0 Å². The average Bonchev–Trinajstić information content (AvgIpc) is 2.86. The van der Waals surface area contributed by atoms with Gasteiger partial charge in [-0.25, -0.2) is 0 Å². The molecule has 0 bridgehead atoms. The second-order valence-electron chi connectivity index (χ2n) is 4.94. The second-order valence-corrected chi connectivity index (χ2v) is 5.80. The molecule has 0 unspecified atom stereocenters. The minimum Gasteiger partial charge on any atom is -0.360 e. The molecule has 1 aromatic heterocycles. The Morgan fingerprint density at radius 2 is 1.80 bits per heavy atom. The van der Waals surface area contributed by atoms with Gasteiger partial charge in [-0.1, -0.05) is 40.2 Å². The van der Waals surface area contributed by atoms with Crippen LogP contribution < -0.4 is 0 Å². The number of hydrogen-bond acceptors (Lipinski definition) is 1. The lowest BCUT2D eigenvalue weighted by atomic mass is 9.96. The Bertz CT molecular complexity index is 817. The molecule has 0 atom stereocenters. The SMILES string of the molecule is Cc1cccc(C(=O)c2c[nH]c3cccc(Br)c23)c1C. The molecule has 1 N–H and O–H groups in total. The van der Waals surface area contributed by atoms with E-state index in [1.54, 1.807) is 6.20 Å². The average molecular weight is 328 g/mol. The van der Waals surface area contributed by atoms with Gasteiger partial charge in [0.1, 0.15) is 0 Å². The lowest BCUT2D eigenvalue weighted by Crippen LogP contribution is -2.04. The molecule has 3 rings (SSSR count). The zero-order valence-electron chi connectivity index (χ0n) is 11.3. The van der Waals surface area contributed by atoms with Crippen LogP contribution in [0.5, 0.6) is 0 Å². The predicted molar refractivity (Wildman–Crippen MR) is 85.3 cm³/mol. The summed E-state index contributed by atoms with van der Waals surface area (Å²) in [5.41, 5.74) is 4.62. The Balaban J connectivity index is 2.21. The zero-order chi connectivity index (χ0) is 14.3. The van der Waals surface area contributed by atoms with Crippen LogP contribution in [0.2, 0.25) is 0 Å². The van der Waals surface area contributed by atoms with E-state index in [1.807, 2.05) is 50.2 Å². The summed E-state index contributed by atoms with van der Waals surface area (Å²) in [7, 11) is 0. The highest BCUT2D eigenvalue weighted by atomic mass is 79.9. The summed E-state index contributed by atoms with van der Waals surface area (Å²) >= 11 is 3.53. The normalized spacial score (nSPS) is 10.9. The molecule has 3 heteroatoms. The monoisotopic (exact) mass is 327 g/mol. The van der Waals surface area contributed by atoms with Gasteiger partial charge in [0.15, 0.2) is 5.78 Å². The van der Waals surface area contributed by atoms with E-state index >= 15 is 0 Å². The largest absolute Gasteiger partial charge is 0.360 e. The number of aryl methyl sites for hydroxylation is 1. The Hall–Kier alpha value is -1.87. The molecule has 100 valence electrons. The highest BCUT2D eigenvalue weighted by Crippen LogP contribution is 2.29.